The Kier molecular flexibility index (Phi) is 10.7. The second-order valence-corrected chi connectivity index (χ2v) is 7.95. The molecule has 2 aromatic rings. The van der Waals surface area contributed by atoms with E-state index in [1.807, 2.05) is 0 Å². The Morgan fingerprint density at radius 2 is 1.38 bits per heavy atom. The number of hydrogen-bond acceptors (Lipinski definition) is 9. The van der Waals surface area contributed by atoms with E-state index in [9.17, 15) is 57.3 Å². The summed E-state index contributed by atoms with van der Waals surface area (Å²) in [6, 6.07) is 4.98. The van der Waals surface area contributed by atoms with E-state index in [0.29, 0.717) is 12.1 Å². The molecule has 0 heterocycles. The van der Waals surface area contributed by atoms with Gasteiger partial charge in [0.2, 0.25) is 5.54 Å². The zero-order valence-electron chi connectivity index (χ0n) is 20.1. The van der Waals surface area contributed by atoms with Gasteiger partial charge in [-0.2, -0.15) is 0 Å². The second-order valence-electron chi connectivity index (χ2n) is 7.95. The van der Waals surface area contributed by atoms with Crippen molar-refractivity contribution >= 4 is 29.5 Å². The number of carboxylic acid groups (broad SMARTS) is 1. The lowest BCUT2D eigenvalue weighted by atomic mass is 9.94. The number of ether oxygens (including phenoxy) is 2. The molecule has 3 N–H and O–H groups in total. The third-order valence-electron chi connectivity index (χ3n) is 5.31. The molecule has 2 aromatic carbocycles. The molecule has 40 heavy (non-hydrogen) atoms. The van der Waals surface area contributed by atoms with Gasteiger partial charge in [0.15, 0.2) is 0 Å². The topological polar surface area (TPSA) is 200 Å². The van der Waals surface area contributed by atoms with Crippen molar-refractivity contribution in [1.82, 2.24) is 10.6 Å². The summed E-state index contributed by atoms with van der Waals surface area (Å²) >= 11 is 0. The van der Waals surface area contributed by atoms with Crippen molar-refractivity contribution in [1.29, 1.82) is 0 Å². The molecule has 0 bridgehead atoms. The molecular weight excluding hydrogens is 556 g/mol. The minimum Gasteiger partial charge on any atom is -0.479 e. The number of carbonyl (C=O) groups excluding carboxylic acids is 2. The van der Waals surface area contributed by atoms with Gasteiger partial charge in [0.05, 0.1) is 22.0 Å². The van der Waals surface area contributed by atoms with Crippen molar-refractivity contribution in [3.8, 4) is 0 Å². The van der Waals surface area contributed by atoms with Crippen LogP contribution in [0.4, 0.5) is 38.5 Å². The molecule has 0 aliphatic heterocycles. The largest absolute Gasteiger partial charge is 0.479 e. The van der Waals surface area contributed by atoms with Gasteiger partial charge in [-0.05, 0) is 25.0 Å². The minimum absolute atomic E-state index is 0.195. The zero-order valence-corrected chi connectivity index (χ0v) is 20.1. The molecule has 2 amide bonds. The van der Waals surface area contributed by atoms with E-state index < -0.39 is 95.6 Å². The van der Waals surface area contributed by atoms with Crippen molar-refractivity contribution < 1.29 is 56.4 Å². The number of alkyl carbamates (subject to hydrolysis) is 2. The van der Waals surface area contributed by atoms with E-state index in [2.05, 4.69) is 10.1 Å². The lowest BCUT2D eigenvalue weighted by Gasteiger charge is -2.29. The number of alkyl halides is 2. The van der Waals surface area contributed by atoms with Gasteiger partial charge >= 0.3 is 18.2 Å². The number of non-ortho nitro benzene ring substituents is 2. The molecule has 0 fully saturated rings. The van der Waals surface area contributed by atoms with E-state index in [4.69, 9.17) is 4.74 Å². The Morgan fingerprint density at radius 1 is 0.900 bits per heavy atom. The third kappa shape index (κ3) is 8.23. The van der Waals surface area contributed by atoms with Crippen molar-refractivity contribution in [3.05, 3.63) is 79.4 Å². The summed E-state index contributed by atoms with van der Waals surface area (Å²) in [6.07, 6.45) is -7.82. The number of carbonyl (C=O) groups is 3. The molecule has 14 nitrogen and oxygen atoms in total. The van der Waals surface area contributed by atoms with Crippen LogP contribution in [0.3, 0.4) is 0 Å². The lowest BCUT2D eigenvalue weighted by Crippen LogP contribution is -2.60. The van der Waals surface area contributed by atoms with E-state index in [-0.39, 0.29) is 11.1 Å². The first kappa shape index (κ1) is 31.2. The summed E-state index contributed by atoms with van der Waals surface area (Å²) in [5.41, 5.74) is -4.83. The van der Waals surface area contributed by atoms with Crippen LogP contribution in [-0.2, 0) is 27.5 Å². The third-order valence-corrected chi connectivity index (χ3v) is 5.31. The fourth-order valence-electron chi connectivity index (χ4n) is 3.13. The Labute approximate surface area is 221 Å². The maximum atomic E-state index is 13.9. The first-order chi connectivity index (χ1) is 18.8. The first-order valence-corrected chi connectivity index (χ1v) is 11.0. The summed E-state index contributed by atoms with van der Waals surface area (Å²) in [5.74, 6) is -4.29. The standard InChI is InChI=1S/C22H20F4N4O10/c23-16-8-14(29(35)36)4-2-12(16)10-39-20(33)27-7-1-6-22(18(25)26,19(31)32)28-21(34)40-11-13-3-5-15(30(37)38)9-17(13)24/h2-5,8-9,18H,1,6-7,10-11H2,(H,27,33)(H,28,34)(H,31,32). The van der Waals surface area contributed by atoms with Gasteiger partial charge in [0, 0.05) is 29.8 Å². The van der Waals surface area contributed by atoms with E-state index in [0.717, 1.165) is 24.3 Å². The highest BCUT2D eigenvalue weighted by Crippen LogP contribution is 2.24. The zero-order chi connectivity index (χ0) is 30.0. The molecule has 0 saturated carbocycles. The fourth-order valence-corrected chi connectivity index (χ4v) is 3.13. The molecule has 1 atom stereocenters. The van der Waals surface area contributed by atoms with Crippen LogP contribution in [-0.4, -0.2) is 51.6 Å². The SMILES string of the molecule is O=C(NCCCC(NC(=O)OCc1ccc([N+](=O)[O-])cc1F)(C(=O)O)C(F)F)OCc1ccc([N+](=O)[O-])cc1F. The van der Waals surface area contributed by atoms with Crippen molar-refractivity contribution in [3.63, 3.8) is 0 Å². The van der Waals surface area contributed by atoms with Crippen LogP contribution >= 0.6 is 0 Å². The van der Waals surface area contributed by atoms with Crippen LogP contribution in [0.2, 0.25) is 0 Å². The average molecular weight is 576 g/mol. The molecule has 0 spiro atoms. The predicted molar refractivity (Wildman–Crippen MR) is 123 cm³/mol. The molecule has 1 unspecified atom stereocenters. The van der Waals surface area contributed by atoms with Gasteiger partial charge in [0.1, 0.15) is 24.8 Å². The normalized spacial score (nSPS) is 12.2. The first-order valence-electron chi connectivity index (χ1n) is 11.0. The van der Waals surface area contributed by atoms with Gasteiger partial charge in [0.25, 0.3) is 17.8 Å². The number of benzene rings is 2. The summed E-state index contributed by atoms with van der Waals surface area (Å²) in [4.78, 5) is 55.1. The number of aliphatic carboxylic acids is 1. The predicted octanol–water partition coefficient (Wildman–Crippen LogP) is 3.80. The number of rotatable bonds is 13. The Balaban J connectivity index is 1.90. The maximum absolute atomic E-state index is 13.9. The summed E-state index contributed by atoms with van der Waals surface area (Å²) in [6.45, 7) is -1.92. The minimum atomic E-state index is -3.66. The Hall–Kier alpha value is -5.03. The number of amides is 2. The molecule has 18 heteroatoms. The van der Waals surface area contributed by atoms with E-state index in [1.54, 1.807) is 0 Å². The molecule has 2 rings (SSSR count). The van der Waals surface area contributed by atoms with E-state index >= 15 is 0 Å². The van der Waals surface area contributed by atoms with Crippen LogP contribution in [0.5, 0.6) is 0 Å². The van der Waals surface area contributed by atoms with E-state index in [1.165, 1.54) is 5.32 Å². The van der Waals surface area contributed by atoms with Crippen LogP contribution < -0.4 is 10.6 Å². The van der Waals surface area contributed by atoms with Crippen molar-refractivity contribution in [2.45, 2.75) is 38.0 Å². The molecule has 0 aliphatic carbocycles. The molecule has 216 valence electrons. The summed E-state index contributed by atoms with van der Waals surface area (Å²) in [7, 11) is 0. The molecule has 0 radical (unpaired) electrons. The number of carboxylic acids is 1. The monoisotopic (exact) mass is 576 g/mol. The van der Waals surface area contributed by atoms with Crippen LogP contribution in [0.25, 0.3) is 0 Å². The average Bonchev–Trinajstić information content (AvgIpc) is 2.88. The number of nitrogens with one attached hydrogen (secondary N) is 2. The fraction of sp³-hybridized carbons (Fsp3) is 0.318. The van der Waals surface area contributed by atoms with Crippen molar-refractivity contribution in [2.24, 2.45) is 0 Å². The number of hydrogen-bond donors (Lipinski definition) is 3. The van der Waals surface area contributed by atoms with Gasteiger partial charge in [-0.25, -0.2) is 31.9 Å². The maximum Gasteiger partial charge on any atom is 0.408 e. The van der Waals surface area contributed by atoms with Gasteiger partial charge in [-0.3, -0.25) is 20.2 Å². The van der Waals surface area contributed by atoms with Gasteiger partial charge in [-0.15, -0.1) is 0 Å². The highest BCUT2D eigenvalue weighted by atomic mass is 19.3. The Bertz CT molecular complexity index is 1300. The smallest absolute Gasteiger partial charge is 0.408 e. The molecule has 0 aliphatic rings. The molecular formula is C22H20F4N4O10. The summed E-state index contributed by atoms with van der Waals surface area (Å²) < 4.78 is 64.6. The summed E-state index contributed by atoms with van der Waals surface area (Å²) in [5, 5.41) is 34.3. The van der Waals surface area contributed by atoms with Gasteiger partial charge < -0.3 is 25.2 Å². The number of halogens is 4. The van der Waals surface area contributed by atoms with Crippen LogP contribution in [0.1, 0.15) is 24.0 Å². The number of nitrogens with zero attached hydrogens (tertiary/aromatic N) is 2. The molecule has 0 saturated heterocycles. The number of nitro groups is 2. The molecule has 0 aromatic heterocycles. The number of nitro benzene ring substituents is 2. The quantitative estimate of drug-likeness (QED) is 0.136. The van der Waals surface area contributed by atoms with Crippen LogP contribution in [0.15, 0.2) is 36.4 Å². The highest BCUT2D eigenvalue weighted by molar-refractivity contribution is 5.85. The van der Waals surface area contributed by atoms with Crippen LogP contribution in [0, 0.1) is 31.9 Å². The van der Waals surface area contributed by atoms with Crippen molar-refractivity contribution in [2.75, 3.05) is 6.54 Å². The Morgan fingerprint density at radius 3 is 1.77 bits per heavy atom. The lowest BCUT2D eigenvalue weighted by molar-refractivity contribution is -0.385. The highest BCUT2D eigenvalue weighted by Gasteiger charge is 2.49. The second kappa shape index (κ2) is 13.7. The van der Waals surface area contributed by atoms with Gasteiger partial charge in [-0.1, -0.05) is 0 Å².